The third-order valence-electron chi connectivity index (χ3n) is 5.62. The normalized spacial score (nSPS) is 22.9. The van der Waals surface area contributed by atoms with Gasteiger partial charge >= 0.3 is 0 Å². The van der Waals surface area contributed by atoms with Crippen molar-refractivity contribution >= 4 is 11.8 Å². The molecular formula is C19H27N3O3. The number of benzene rings is 1. The number of piperazine rings is 1. The summed E-state index contributed by atoms with van der Waals surface area (Å²) in [5, 5.41) is 2.84. The summed E-state index contributed by atoms with van der Waals surface area (Å²) in [6.45, 7) is 7.36. The van der Waals surface area contributed by atoms with Gasteiger partial charge in [0.1, 0.15) is 11.2 Å². The van der Waals surface area contributed by atoms with Crippen molar-refractivity contribution in [1.82, 2.24) is 15.1 Å². The minimum Gasteiger partial charge on any atom is -0.470 e. The maximum Gasteiger partial charge on any atom is 0.253 e. The average molecular weight is 345 g/mol. The van der Waals surface area contributed by atoms with Gasteiger partial charge in [-0.05, 0) is 44.2 Å². The van der Waals surface area contributed by atoms with Crippen molar-refractivity contribution in [3.8, 4) is 5.75 Å². The summed E-state index contributed by atoms with van der Waals surface area (Å²) in [5.41, 5.74) is 0.237. The molecule has 6 nitrogen and oxygen atoms in total. The van der Waals surface area contributed by atoms with Crippen LogP contribution in [0, 0.1) is 5.41 Å². The molecule has 2 aliphatic heterocycles. The Labute approximate surface area is 149 Å². The quantitative estimate of drug-likeness (QED) is 0.826. The molecule has 3 rings (SSSR count). The highest BCUT2D eigenvalue weighted by Crippen LogP contribution is 2.39. The van der Waals surface area contributed by atoms with Crippen LogP contribution in [-0.2, 0) is 4.79 Å². The van der Waals surface area contributed by atoms with E-state index in [1.54, 1.807) is 12.1 Å². The van der Waals surface area contributed by atoms with Crippen molar-refractivity contribution in [3.05, 3.63) is 29.8 Å². The standard InChI is InChI=1S/C19H27N3O3/c1-4-19(5-2)17(24)20-18(19)25-15-8-6-14(7-9-15)16(23)22-12-10-21(3)11-13-22/h6-9,18H,4-5,10-13H2,1-3H3,(H,20,24). The molecule has 1 aromatic carbocycles. The van der Waals surface area contributed by atoms with Crippen LogP contribution in [0.15, 0.2) is 24.3 Å². The number of hydrogen-bond donors (Lipinski definition) is 1. The lowest BCUT2D eigenvalue weighted by atomic mass is 9.73. The van der Waals surface area contributed by atoms with Gasteiger partial charge in [-0.1, -0.05) is 13.8 Å². The highest BCUT2D eigenvalue weighted by atomic mass is 16.5. The Bertz CT molecular complexity index is 632. The van der Waals surface area contributed by atoms with E-state index in [1.807, 2.05) is 30.9 Å². The number of carbonyl (C=O) groups is 2. The molecular weight excluding hydrogens is 318 g/mol. The van der Waals surface area contributed by atoms with Gasteiger partial charge in [-0.25, -0.2) is 0 Å². The van der Waals surface area contributed by atoms with E-state index in [1.165, 1.54) is 0 Å². The molecule has 0 radical (unpaired) electrons. The SMILES string of the molecule is CCC1(CC)C(=O)NC1Oc1ccc(C(=O)N2CCN(C)CC2)cc1. The minimum absolute atomic E-state index is 0.0596. The lowest BCUT2D eigenvalue weighted by molar-refractivity contribution is -0.161. The van der Waals surface area contributed by atoms with E-state index in [0.717, 1.165) is 39.0 Å². The molecule has 0 aromatic heterocycles. The molecule has 0 aliphatic carbocycles. The van der Waals surface area contributed by atoms with Crippen molar-refractivity contribution in [2.75, 3.05) is 33.2 Å². The third kappa shape index (κ3) is 3.23. The number of nitrogens with one attached hydrogen (secondary N) is 1. The average Bonchev–Trinajstić information content (AvgIpc) is 2.63. The summed E-state index contributed by atoms with van der Waals surface area (Å²) >= 11 is 0. The molecule has 25 heavy (non-hydrogen) atoms. The fraction of sp³-hybridized carbons (Fsp3) is 0.579. The van der Waals surface area contributed by atoms with Crippen molar-refractivity contribution < 1.29 is 14.3 Å². The van der Waals surface area contributed by atoms with Gasteiger partial charge in [0.2, 0.25) is 5.91 Å². The zero-order chi connectivity index (χ0) is 18.0. The van der Waals surface area contributed by atoms with E-state index in [2.05, 4.69) is 17.3 Å². The highest BCUT2D eigenvalue weighted by Gasteiger charge is 2.54. The van der Waals surface area contributed by atoms with Gasteiger partial charge in [0.05, 0.1) is 0 Å². The lowest BCUT2D eigenvalue weighted by Crippen LogP contribution is -2.69. The maximum absolute atomic E-state index is 12.6. The van der Waals surface area contributed by atoms with Crippen LogP contribution in [0.25, 0.3) is 0 Å². The zero-order valence-electron chi connectivity index (χ0n) is 15.2. The summed E-state index contributed by atoms with van der Waals surface area (Å²) < 4.78 is 5.95. The molecule has 2 heterocycles. The second-order valence-corrected chi connectivity index (χ2v) is 6.95. The van der Waals surface area contributed by atoms with Gasteiger partial charge in [0, 0.05) is 31.7 Å². The van der Waals surface area contributed by atoms with E-state index < -0.39 is 5.41 Å². The van der Waals surface area contributed by atoms with Gasteiger partial charge in [0.15, 0.2) is 6.23 Å². The first-order valence-corrected chi connectivity index (χ1v) is 9.05. The van der Waals surface area contributed by atoms with Crippen LogP contribution in [0.1, 0.15) is 37.0 Å². The van der Waals surface area contributed by atoms with Crippen LogP contribution >= 0.6 is 0 Å². The third-order valence-corrected chi connectivity index (χ3v) is 5.62. The molecule has 0 saturated carbocycles. The second-order valence-electron chi connectivity index (χ2n) is 6.95. The number of nitrogens with zero attached hydrogens (tertiary/aromatic N) is 2. The van der Waals surface area contributed by atoms with E-state index >= 15 is 0 Å². The van der Waals surface area contributed by atoms with Crippen LogP contribution in [0.3, 0.4) is 0 Å². The largest absolute Gasteiger partial charge is 0.470 e. The van der Waals surface area contributed by atoms with Crippen molar-refractivity contribution in [3.63, 3.8) is 0 Å². The summed E-state index contributed by atoms with van der Waals surface area (Å²) in [5.74, 6) is 0.795. The molecule has 0 spiro atoms. The van der Waals surface area contributed by atoms with Gasteiger partial charge in [-0.2, -0.15) is 0 Å². The molecule has 2 fully saturated rings. The topological polar surface area (TPSA) is 61.9 Å². The number of ether oxygens (including phenoxy) is 1. The second kappa shape index (κ2) is 7.04. The van der Waals surface area contributed by atoms with E-state index in [-0.39, 0.29) is 18.0 Å². The highest BCUT2D eigenvalue weighted by molar-refractivity contribution is 5.94. The Hall–Kier alpha value is -2.08. The Kier molecular flexibility index (Phi) is 4.99. The fourth-order valence-electron chi connectivity index (χ4n) is 3.53. The monoisotopic (exact) mass is 345 g/mol. The Morgan fingerprint density at radius 3 is 2.28 bits per heavy atom. The van der Waals surface area contributed by atoms with Crippen molar-refractivity contribution in [1.29, 1.82) is 0 Å². The van der Waals surface area contributed by atoms with Crippen LogP contribution in [0.2, 0.25) is 0 Å². The number of carbonyl (C=O) groups excluding carboxylic acids is 2. The van der Waals surface area contributed by atoms with Gasteiger partial charge in [0.25, 0.3) is 5.91 Å². The predicted octanol–water partition coefficient (Wildman–Crippen LogP) is 1.72. The van der Waals surface area contributed by atoms with Crippen molar-refractivity contribution in [2.45, 2.75) is 32.9 Å². The summed E-state index contributed by atoms with van der Waals surface area (Å²) in [4.78, 5) is 28.6. The summed E-state index contributed by atoms with van der Waals surface area (Å²) in [7, 11) is 2.07. The number of amides is 2. The van der Waals surface area contributed by atoms with E-state index in [0.29, 0.717) is 11.3 Å². The first kappa shape index (κ1) is 17.7. The van der Waals surface area contributed by atoms with E-state index in [9.17, 15) is 9.59 Å². The fourth-order valence-corrected chi connectivity index (χ4v) is 3.53. The maximum atomic E-state index is 12.6. The Balaban J connectivity index is 1.63. The van der Waals surface area contributed by atoms with Gasteiger partial charge in [-0.15, -0.1) is 0 Å². The number of rotatable bonds is 5. The molecule has 2 saturated heterocycles. The predicted molar refractivity (Wildman–Crippen MR) is 95.4 cm³/mol. The number of likely N-dealkylation sites (N-methyl/N-ethyl adjacent to an activating group) is 1. The molecule has 1 aromatic rings. The minimum atomic E-state index is -0.436. The molecule has 2 amide bonds. The van der Waals surface area contributed by atoms with Crippen molar-refractivity contribution in [2.24, 2.45) is 5.41 Å². The van der Waals surface area contributed by atoms with Gasteiger partial charge < -0.3 is 19.9 Å². The summed E-state index contributed by atoms with van der Waals surface area (Å²) in [6.07, 6.45) is 1.20. The Morgan fingerprint density at radius 2 is 1.76 bits per heavy atom. The number of hydrogen-bond acceptors (Lipinski definition) is 4. The van der Waals surface area contributed by atoms with Gasteiger partial charge in [-0.3, -0.25) is 9.59 Å². The van der Waals surface area contributed by atoms with Crippen LogP contribution < -0.4 is 10.1 Å². The molecule has 2 aliphatic rings. The molecule has 1 N–H and O–H groups in total. The lowest BCUT2D eigenvalue weighted by Gasteiger charge is -2.47. The molecule has 1 unspecified atom stereocenters. The first-order valence-electron chi connectivity index (χ1n) is 9.05. The molecule has 1 atom stereocenters. The van der Waals surface area contributed by atoms with Crippen LogP contribution in [0.5, 0.6) is 5.75 Å². The molecule has 136 valence electrons. The number of β-lactam (4-membered cyclic amide) rings is 1. The summed E-state index contributed by atoms with van der Waals surface area (Å²) in [6, 6.07) is 7.22. The Morgan fingerprint density at radius 1 is 1.16 bits per heavy atom. The molecule has 0 bridgehead atoms. The smallest absolute Gasteiger partial charge is 0.253 e. The van der Waals surface area contributed by atoms with Crippen LogP contribution in [-0.4, -0.2) is 61.1 Å². The zero-order valence-corrected chi connectivity index (χ0v) is 15.2. The van der Waals surface area contributed by atoms with Crippen LogP contribution in [0.4, 0.5) is 0 Å². The van der Waals surface area contributed by atoms with E-state index in [4.69, 9.17) is 4.74 Å². The molecule has 6 heteroatoms. The first-order chi connectivity index (χ1) is 12.0.